The van der Waals surface area contributed by atoms with Crippen molar-refractivity contribution in [2.75, 3.05) is 26.4 Å². The second-order valence-corrected chi connectivity index (χ2v) is 7.16. The minimum absolute atomic E-state index is 0.0925. The fourth-order valence-electron chi connectivity index (χ4n) is 2.48. The normalized spacial score (nSPS) is 12.2. The van der Waals surface area contributed by atoms with Gasteiger partial charge in [-0.05, 0) is 32.1 Å². The van der Waals surface area contributed by atoms with Gasteiger partial charge in [0, 0.05) is 12.3 Å². The number of aryl methyl sites for hydroxylation is 1. The van der Waals surface area contributed by atoms with E-state index in [1.54, 1.807) is 11.8 Å². The maximum atomic E-state index is 12.1. The molecule has 0 aromatic heterocycles. The van der Waals surface area contributed by atoms with Crippen molar-refractivity contribution in [2.45, 2.75) is 18.7 Å². The molecule has 0 heterocycles. The summed E-state index contributed by atoms with van der Waals surface area (Å²) in [5.41, 5.74) is 3.74. The minimum atomic E-state index is 0.0925. The summed E-state index contributed by atoms with van der Waals surface area (Å²) in [4.78, 5) is 14.2. The highest BCUT2D eigenvalue weighted by molar-refractivity contribution is 7.99. The van der Waals surface area contributed by atoms with E-state index in [9.17, 15) is 4.79 Å². The summed E-state index contributed by atoms with van der Waals surface area (Å²) >= 11 is 1.65. The van der Waals surface area contributed by atoms with Gasteiger partial charge in [-0.25, -0.2) is 0 Å². The van der Waals surface area contributed by atoms with Crippen molar-refractivity contribution in [3.63, 3.8) is 0 Å². The Morgan fingerprint density at radius 2 is 1.75 bits per heavy atom. The summed E-state index contributed by atoms with van der Waals surface area (Å²) in [6.45, 7) is 2.71. The molecule has 0 fully saturated rings. The van der Waals surface area contributed by atoms with E-state index in [-0.39, 0.29) is 11.9 Å². The van der Waals surface area contributed by atoms with Crippen molar-refractivity contribution in [3.8, 4) is 0 Å². The largest absolute Gasteiger partial charge is 0.353 e. The molecule has 0 radical (unpaired) electrons. The van der Waals surface area contributed by atoms with Crippen LogP contribution in [0.4, 0.5) is 0 Å². The van der Waals surface area contributed by atoms with Crippen LogP contribution in [-0.4, -0.2) is 37.2 Å². The Kier molecular flexibility index (Phi) is 7.35. The maximum absolute atomic E-state index is 12.1. The molecule has 0 aliphatic carbocycles. The quantitative estimate of drug-likeness (QED) is 0.795. The molecule has 0 aliphatic rings. The van der Waals surface area contributed by atoms with Crippen molar-refractivity contribution >= 4 is 17.7 Å². The van der Waals surface area contributed by atoms with E-state index in [1.165, 1.54) is 16.7 Å². The Labute approximate surface area is 149 Å². The van der Waals surface area contributed by atoms with Gasteiger partial charge in [-0.2, -0.15) is 0 Å². The number of rotatable bonds is 8. The Morgan fingerprint density at radius 1 is 1.08 bits per heavy atom. The number of carbonyl (C=O) groups is 1. The van der Waals surface area contributed by atoms with Crippen LogP contribution in [0.1, 0.15) is 22.7 Å². The highest BCUT2D eigenvalue weighted by Gasteiger charge is 2.14. The van der Waals surface area contributed by atoms with Crippen molar-refractivity contribution in [1.29, 1.82) is 0 Å². The second-order valence-electron chi connectivity index (χ2n) is 6.17. The number of carbonyl (C=O) groups excluding carboxylic acids is 1. The molecule has 2 aromatic rings. The Balaban J connectivity index is 1.76. The van der Waals surface area contributed by atoms with Crippen molar-refractivity contribution < 1.29 is 4.79 Å². The van der Waals surface area contributed by atoms with E-state index in [0.717, 1.165) is 5.75 Å². The minimum Gasteiger partial charge on any atom is -0.353 e. The molecule has 0 bridgehead atoms. The summed E-state index contributed by atoms with van der Waals surface area (Å²) in [7, 11) is 4.08. The zero-order chi connectivity index (χ0) is 17.4. The van der Waals surface area contributed by atoms with Crippen LogP contribution in [0.5, 0.6) is 0 Å². The van der Waals surface area contributed by atoms with E-state index in [1.807, 2.05) is 32.3 Å². The van der Waals surface area contributed by atoms with Crippen LogP contribution in [0.3, 0.4) is 0 Å². The number of likely N-dealkylation sites (N-methyl/N-ethyl adjacent to an activating group) is 1. The Bertz CT molecular complexity index is 626. The van der Waals surface area contributed by atoms with Crippen LogP contribution >= 0.6 is 11.8 Å². The van der Waals surface area contributed by atoms with E-state index < -0.39 is 0 Å². The number of hydrogen-bond acceptors (Lipinski definition) is 3. The third kappa shape index (κ3) is 6.02. The van der Waals surface area contributed by atoms with Crippen molar-refractivity contribution in [1.82, 2.24) is 10.2 Å². The lowest BCUT2D eigenvalue weighted by molar-refractivity contribution is -0.118. The van der Waals surface area contributed by atoms with Gasteiger partial charge in [0.05, 0.1) is 11.8 Å². The van der Waals surface area contributed by atoms with Crippen LogP contribution in [0, 0.1) is 6.92 Å². The zero-order valence-corrected chi connectivity index (χ0v) is 15.5. The molecular formula is C20H26N2OS. The van der Waals surface area contributed by atoms with Crippen molar-refractivity contribution in [3.05, 3.63) is 71.3 Å². The lowest BCUT2D eigenvalue weighted by atomic mass is 10.1. The van der Waals surface area contributed by atoms with Gasteiger partial charge in [-0.1, -0.05) is 60.2 Å². The number of benzene rings is 2. The third-order valence-electron chi connectivity index (χ3n) is 3.92. The fraction of sp³-hybridized carbons (Fsp3) is 0.350. The average Bonchev–Trinajstić information content (AvgIpc) is 2.57. The predicted octanol–water partition coefficient (Wildman–Crippen LogP) is 3.65. The lowest BCUT2D eigenvalue weighted by Crippen LogP contribution is -2.35. The number of nitrogens with one attached hydrogen (secondary N) is 1. The van der Waals surface area contributed by atoms with Gasteiger partial charge in [0.2, 0.25) is 5.91 Å². The third-order valence-corrected chi connectivity index (χ3v) is 4.93. The van der Waals surface area contributed by atoms with E-state index >= 15 is 0 Å². The van der Waals surface area contributed by atoms with Gasteiger partial charge in [0.25, 0.3) is 0 Å². The number of thioether (sulfide) groups is 1. The molecule has 1 unspecified atom stereocenters. The smallest absolute Gasteiger partial charge is 0.230 e. The first kappa shape index (κ1) is 18.6. The molecule has 3 nitrogen and oxygen atoms in total. The Morgan fingerprint density at radius 3 is 2.38 bits per heavy atom. The molecule has 0 aliphatic heterocycles. The standard InChI is InChI=1S/C20H26N2OS/c1-16-9-11-17(12-10-16)14-24-15-20(23)21-13-19(22(2)3)18-7-5-4-6-8-18/h4-12,19H,13-15H2,1-3H3,(H,21,23). The van der Waals surface area contributed by atoms with Gasteiger partial charge >= 0.3 is 0 Å². The van der Waals surface area contributed by atoms with E-state index in [2.05, 4.69) is 53.5 Å². The zero-order valence-electron chi connectivity index (χ0n) is 14.7. The molecule has 0 spiro atoms. The average molecular weight is 343 g/mol. The summed E-state index contributed by atoms with van der Waals surface area (Å²) < 4.78 is 0. The first-order chi connectivity index (χ1) is 11.6. The first-order valence-electron chi connectivity index (χ1n) is 8.17. The summed E-state index contributed by atoms with van der Waals surface area (Å²) in [5, 5.41) is 3.06. The van der Waals surface area contributed by atoms with Gasteiger partial charge in [0.1, 0.15) is 0 Å². The fourth-order valence-corrected chi connectivity index (χ4v) is 3.30. The monoisotopic (exact) mass is 342 g/mol. The van der Waals surface area contributed by atoms with E-state index in [0.29, 0.717) is 12.3 Å². The number of amides is 1. The highest BCUT2D eigenvalue weighted by atomic mass is 32.2. The molecule has 1 amide bonds. The summed E-state index contributed by atoms with van der Waals surface area (Å²) in [6, 6.07) is 18.9. The van der Waals surface area contributed by atoms with Crippen LogP contribution < -0.4 is 5.32 Å². The van der Waals surface area contributed by atoms with Crippen LogP contribution in [-0.2, 0) is 10.5 Å². The van der Waals surface area contributed by atoms with Crippen LogP contribution in [0.2, 0.25) is 0 Å². The molecule has 2 rings (SSSR count). The van der Waals surface area contributed by atoms with Gasteiger partial charge in [0.15, 0.2) is 0 Å². The molecule has 2 aromatic carbocycles. The van der Waals surface area contributed by atoms with Gasteiger partial charge in [-0.15, -0.1) is 11.8 Å². The molecule has 4 heteroatoms. The molecule has 0 saturated carbocycles. The molecular weight excluding hydrogens is 316 g/mol. The predicted molar refractivity (Wildman–Crippen MR) is 103 cm³/mol. The topological polar surface area (TPSA) is 32.3 Å². The summed E-state index contributed by atoms with van der Waals surface area (Å²) in [6.07, 6.45) is 0. The second kappa shape index (κ2) is 9.50. The van der Waals surface area contributed by atoms with Crippen molar-refractivity contribution in [2.24, 2.45) is 0 Å². The molecule has 128 valence electrons. The molecule has 1 atom stereocenters. The number of hydrogen-bond donors (Lipinski definition) is 1. The highest BCUT2D eigenvalue weighted by Crippen LogP contribution is 2.17. The maximum Gasteiger partial charge on any atom is 0.230 e. The lowest BCUT2D eigenvalue weighted by Gasteiger charge is -2.25. The van der Waals surface area contributed by atoms with Gasteiger partial charge in [-0.3, -0.25) is 4.79 Å². The van der Waals surface area contributed by atoms with E-state index in [4.69, 9.17) is 0 Å². The SMILES string of the molecule is Cc1ccc(CSCC(=O)NCC(c2ccccc2)N(C)C)cc1. The molecule has 24 heavy (non-hydrogen) atoms. The van der Waals surface area contributed by atoms with Crippen LogP contribution in [0.25, 0.3) is 0 Å². The number of nitrogens with zero attached hydrogens (tertiary/aromatic N) is 1. The summed E-state index contributed by atoms with van der Waals surface area (Å²) in [5.74, 6) is 1.45. The first-order valence-corrected chi connectivity index (χ1v) is 9.33. The Hall–Kier alpha value is -1.78. The van der Waals surface area contributed by atoms with Gasteiger partial charge < -0.3 is 10.2 Å². The molecule has 1 N–H and O–H groups in total. The van der Waals surface area contributed by atoms with Crippen LogP contribution in [0.15, 0.2) is 54.6 Å². The molecule has 0 saturated heterocycles.